The molecule has 7 nitrogen and oxygen atoms in total. The lowest BCUT2D eigenvalue weighted by Crippen LogP contribution is -2.43. The van der Waals surface area contributed by atoms with Crippen molar-refractivity contribution in [3.05, 3.63) is 12.4 Å². The quantitative estimate of drug-likeness (QED) is 0.783. The Labute approximate surface area is 126 Å². The normalized spacial score (nSPS) is 18.0. The molecule has 0 amide bonds. The Morgan fingerprint density at radius 2 is 2.05 bits per heavy atom. The van der Waals surface area contributed by atoms with E-state index in [4.69, 9.17) is 0 Å². The maximum atomic E-state index is 12.3. The predicted molar refractivity (Wildman–Crippen MR) is 83.3 cm³/mol. The number of hydrogen-bond acceptors (Lipinski definition) is 4. The van der Waals surface area contributed by atoms with Crippen molar-refractivity contribution in [1.29, 1.82) is 0 Å². The number of nitrogens with one attached hydrogen (secondary N) is 2. The highest BCUT2D eigenvalue weighted by Gasteiger charge is 2.27. The summed E-state index contributed by atoms with van der Waals surface area (Å²) in [6.07, 6.45) is 5.05. The van der Waals surface area contributed by atoms with Crippen LogP contribution in [-0.2, 0) is 16.8 Å². The van der Waals surface area contributed by atoms with E-state index in [2.05, 4.69) is 22.1 Å². The fourth-order valence-corrected chi connectivity index (χ4v) is 3.73. The van der Waals surface area contributed by atoms with Crippen LogP contribution >= 0.6 is 0 Å². The Kier molecular flexibility index (Phi) is 5.60. The van der Waals surface area contributed by atoms with Crippen molar-refractivity contribution in [2.24, 2.45) is 5.92 Å². The molecule has 1 aliphatic heterocycles. The molecule has 1 aromatic heterocycles. The summed E-state index contributed by atoms with van der Waals surface area (Å²) in [5.74, 6) is 0.569. The zero-order valence-electron chi connectivity index (χ0n) is 12.7. The van der Waals surface area contributed by atoms with Crippen LogP contribution in [0.25, 0.3) is 0 Å². The summed E-state index contributed by atoms with van der Waals surface area (Å²) in [4.78, 5) is 0. The van der Waals surface area contributed by atoms with Crippen molar-refractivity contribution in [3.8, 4) is 0 Å². The van der Waals surface area contributed by atoms with Gasteiger partial charge in [-0.3, -0.25) is 9.40 Å². The topological polar surface area (TPSA) is 79.3 Å². The minimum Gasteiger partial charge on any atom is -0.317 e. The van der Waals surface area contributed by atoms with E-state index in [1.54, 1.807) is 17.1 Å². The molecule has 1 aliphatic rings. The maximum Gasteiger partial charge on any atom is 0.301 e. The Hall–Kier alpha value is -1.12. The Bertz CT molecular complexity index is 535. The van der Waals surface area contributed by atoms with Gasteiger partial charge in [0.1, 0.15) is 0 Å². The molecule has 2 N–H and O–H groups in total. The molecule has 1 fully saturated rings. The number of nitrogens with zero attached hydrogens (tertiary/aromatic N) is 3. The first-order valence-electron chi connectivity index (χ1n) is 7.56. The highest BCUT2D eigenvalue weighted by molar-refractivity contribution is 7.90. The van der Waals surface area contributed by atoms with Gasteiger partial charge >= 0.3 is 10.2 Å². The van der Waals surface area contributed by atoms with Crippen molar-refractivity contribution < 1.29 is 8.42 Å². The molecule has 1 aromatic rings. The predicted octanol–water partition coefficient (Wildman–Crippen LogP) is 0.881. The first kappa shape index (κ1) is 16.3. The largest absolute Gasteiger partial charge is 0.317 e. The summed E-state index contributed by atoms with van der Waals surface area (Å²) in [6, 6.07) is 0. The molecule has 2 rings (SSSR count). The van der Waals surface area contributed by atoms with Crippen LogP contribution in [0.15, 0.2) is 12.4 Å². The van der Waals surface area contributed by atoms with Gasteiger partial charge in [-0.15, -0.1) is 0 Å². The van der Waals surface area contributed by atoms with Crippen LogP contribution in [0.1, 0.15) is 26.7 Å². The minimum absolute atomic E-state index is 0.520. The molecule has 0 unspecified atom stereocenters. The van der Waals surface area contributed by atoms with Crippen LogP contribution in [0.3, 0.4) is 0 Å². The number of rotatable bonds is 7. The van der Waals surface area contributed by atoms with E-state index in [1.165, 1.54) is 4.31 Å². The molecule has 21 heavy (non-hydrogen) atoms. The second-order valence-corrected chi connectivity index (χ2v) is 7.01. The third-order valence-corrected chi connectivity index (χ3v) is 5.34. The van der Waals surface area contributed by atoms with Gasteiger partial charge in [-0.2, -0.15) is 17.8 Å². The lowest BCUT2D eigenvalue weighted by Gasteiger charge is -2.31. The van der Waals surface area contributed by atoms with Gasteiger partial charge < -0.3 is 5.32 Å². The first-order chi connectivity index (χ1) is 10.0. The van der Waals surface area contributed by atoms with Crippen molar-refractivity contribution >= 4 is 15.9 Å². The molecule has 0 aromatic carbocycles. The van der Waals surface area contributed by atoms with Crippen molar-refractivity contribution in [2.45, 2.75) is 33.2 Å². The molecular weight excluding hydrogens is 290 g/mol. The van der Waals surface area contributed by atoms with Gasteiger partial charge in [0.2, 0.25) is 0 Å². The van der Waals surface area contributed by atoms with E-state index in [0.717, 1.165) is 32.5 Å². The first-order valence-corrected chi connectivity index (χ1v) is 9.00. The summed E-state index contributed by atoms with van der Waals surface area (Å²) in [5, 5.41) is 7.40. The minimum atomic E-state index is -3.47. The second-order valence-electron chi connectivity index (χ2n) is 5.34. The lowest BCUT2D eigenvalue weighted by atomic mass is 9.98. The zero-order valence-corrected chi connectivity index (χ0v) is 13.6. The number of aromatic nitrogens is 2. The van der Waals surface area contributed by atoms with E-state index in [-0.39, 0.29) is 0 Å². The monoisotopic (exact) mass is 315 g/mol. The average molecular weight is 315 g/mol. The maximum absolute atomic E-state index is 12.3. The van der Waals surface area contributed by atoms with Crippen LogP contribution in [0.2, 0.25) is 0 Å². The van der Waals surface area contributed by atoms with E-state index in [0.29, 0.717) is 24.7 Å². The highest BCUT2D eigenvalue weighted by Crippen LogP contribution is 2.20. The second kappa shape index (κ2) is 7.24. The molecule has 2 heterocycles. The molecule has 0 atom stereocenters. The van der Waals surface area contributed by atoms with Crippen LogP contribution in [-0.4, -0.2) is 48.7 Å². The Morgan fingerprint density at radius 1 is 1.33 bits per heavy atom. The third-order valence-electron chi connectivity index (χ3n) is 3.80. The molecule has 8 heteroatoms. The Morgan fingerprint density at radius 3 is 2.62 bits per heavy atom. The molecule has 0 saturated carbocycles. The van der Waals surface area contributed by atoms with Crippen LogP contribution in [0.4, 0.5) is 5.69 Å². The van der Waals surface area contributed by atoms with Gasteiger partial charge in [0, 0.05) is 25.8 Å². The third kappa shape index (κ3) is 4.42. The summed E-state index contributed by atoms with van der Waals surface area (Å²) in [7, 11) is -3.47. The van der Waals surface area contributed by atoms with E-state index in [1.807, 2.05) is 6.92 Å². The standard InChI is InChI=1S/C13H25N5O2S/c1-3-14-9-12-5-7-18(8-6-12)21(19,20)16-13-10-15-17(4-2)11-13/h10-12,14,16H,3-9H2,1-2H3. The number of piperidine rings is 1. The number of hydrogen-bond donors (Lipinski definition) is 2. The number of aryl methyl sites for hydroxylation is 1. The summed E-state index contributed by atoms with van der Waals surface area (Å²) in [5.41, 5.74) is 0.520. The molecule has 0 radical (unpaired) electrons. The summed E-state index contributed by atoms with van der Waals surface area (Å²) in [6.45, 7) is 7.85. The van der Waals surface area contributed by atoms with Gasteiger partial charge in [-0.25, -0.2) is 0 Å². The smallest absolute Gasteiger partial charge is 0.301 e. The van der Waals surface area contributed by atoms with Crippen LogP contribution in [0.5, 0.6) is 0 Å². The van der Waals surface area contributed by atoms with E-state index < -0.39 is 10.2 Å². The summed E-state index contributed by atoms with van der Waals surface area (Å²) >= 11 is 0. The van der Waals surface area contributed by atoms with Crippen molar-refractivity contribution in [2.75, 3.05) is 30.9 Å². The van der Waals surface area contributed by atoms with Gasteiger partial charge in [-0.1, -0.05) is 6.92 Å². The van der Waals surface area contributed by atoms with E-state index in [9.17, 15) is 8.42 Å². The molecule has 0 aliphatic carbocycles. The molecular formula is C13H25N5O2S. The van der Waals surface area contributed by atoms with E-state index >= 15 is 0 Å². The average Bonchev–Trinajstić information content (AvgIpc) is 2.92. The van der Waals surface area contributed by atoms with Gasteiger partial charge in [0.15, 0.2) is 0 Å². The fraction of sp³-hybridized carbons (Fsp3) is 0.769. The Balaban J connectivity index is 1.89. The summed E-state index contributed by atoms with van der Waals surface area (Å²) < 4.78 is 30.5. The SMILES string of the molecule is CCNCC1CCN(S(=O)(=O)Nc2cnn(CC)c2)CC1. The molecule has 0 spiro atoms. The van der Waals surface area contributed by atoms with Crippen LogP contribution in [0, 0.1) is 5.92 Å². The molecule has 120 valence electrons. The van der Waals surface area contributed by atoms with Crippen molar-refractivity contribution in [1.82, 2.24) is 19.4 Å². The lowest BCUT2D eigenvalue weighted by molar-refractivity contribution is 0.269. The van der Waals surface area contributed by atoms with Crippen molar-refractivity contribution in [3.63, 3.8) is 0 Å². The molecule has 1 saturated heterocycles. The van der Waals surface area contributed by atoms with Crippen LogP contribution < -0.4 is 10.0 Å². The molecule has 0 bridgehead atoms. The van der Waals surface area contributed by atoms with Gasteiger partial charge in [0.25, 0.3) is 0 Å². The van der Waals surface area contributed by atoms with Gasteiger partial charge in [0.05, 0.1) is 11.9 Å². The highest BCUT2D eigenvalue weighted by atomic mass is 32.2. The number of anilines is 1. The fourth-order valence-electron chi connectivity index (χ4n) is 2.50. The zero-order chi connectivity index (χ0) is 15.3. The van der Waals surface area contributed by atoms with Gasteiger partial charge in [-0.05, 0) is 38.8 Å².